The number of hydrogen-bond donors (Lipinski definition) is 1. The Morgan fingerprint density at radius 2 is 1.67 bits per heavy atom. The third kappa shape index (κ3) is 0.155. The molecule has 0 aromatic carbocycles. The average Bonchev–Trinajstić information content (AvgIpc) is 1.24. The van der Waals surface area contributed by atoms with Crippen molar-refractivity contribution >= 4 is 0 Å². The fourth-order valence-electron chi connectivity index (χ4n) is 1.43. The molecule has 3 aliphatic carbocycles. The minimum Gasteiger partial charge on any atom is -0.390 e. The summed E-state index contributed by atoms with van der Waals surface area (Å²) in [6, 6.07) is 0. The van der Waals surface area contributed by atoms with Gasteiger partial charge in [0.2, 0.25) is 0 Å². The summed E-state index contributed by atoms with van der Waals surface area (Å²) in [4.78, 5) is 0. The molecule has 0 unspecified atom stereocenters. The van der Waals surface area contributed by atoms with Crippen LogP contribution in [0, 0.1) is 5.92 Å². The highest BCUT2D eigenvalue weighted by atomic mass is 16.3. The van der Waals surface area contributed by atoms with Gasteiger partial charge in [-0.15, -0.1) is 0 Å². The van der Waals surface area contributed by atoms with Gasteiger partial charge in [-0.3, -0.25) is 0 Å². The van der Waals surface area contributed by atoms with Gasteiger partial charge in [0.05, 0.1) is 5.60 Å². The first kappa shape index (κ1) is 3.03. The summed E-state index contributed by atoms with van der Waals surface area (Å²) in [5.74, 6) is 0.926. The smallest absolute Gasteiger partial charge is 0.0655 e. The maximum absolute atomic E-state index is 8.98. The van der Waals surface area contributed by atoms with E-state index in [-0.39, 0.29) is 5.60 Å². The van der Waals surface area contributed by atoms with Gasteiger partial charge < -0.3 is 5.11 Å². The van der Waals surface area contributed by atoms with Crippen LogP contribution in [0.25, 0.3) is 0 Å². The number of rotatable bonds is 0. The first-order valence-electron chi connectivity index (χ1n) is 2.51. The molecule has 1 N–H and O–H groups in total. The van der Waals surface area contributed by atoms with E-state index in [2.05, 4.69) is 0 Å². The molecule has 0 spiro atoms. The van der Waals surface area contributed by atoms with Crippen LogP contribution in [0.2, 0.25) is 0 Å². The molecule has 0 saturated heterocycles. The second kappa shape index (κ2) is 0.544. The Hall–Kier alpha value is -0.0400. The Morgan fingerprint density at radius 3 is 1.67 bits per heavy atom. The van der Waals surface area contributed by atoms with Gasteiger partial charge in [0.1, 0.15) is 0 Å². The van der Waals surface area contributed by atoms with Gasteiger partial charge in [-0.05, 0) is 25.2 Å². The van der Waals surface area contributed by atoms with Crippen LogP contribution in [-0.4, -0.2) is 10.7 Å². The van der Waals surface area contributed by atoms with Crippen LogP contribution in [0.5, 0.6) is 0 Å². The van der Waals surface area contributed by atoms with Crippen molar-refractivity contribution in [2.75, 3.05) is 0 Å². The van der Waals surface area contributed by atoms with Crippen molar-refractivity contribution < 1.29 is 5.11 Å². The molecule has 34 valence electrons. The number of hydrogen-bond acceptors (Lipinski definition) is 1. The molecule has 0 aliphatic heterocycles. The Labute approximate surface area is 37.0 Å². The predicted molar refractivity (Wildman–Crippen MR) is 22.3 cm³/mol. The Bertz CT molecular complexity index is 70.9. The van der Waals surface area contributed by atoms with Crippen molar-refractivity contribution in [3.05, 3.63) is 0 Å². The molecule has 0 amide bonds. The normalized spacial score (nSPS) is 62.5. The molecule has 3 rings (SSSR count). The monoisotopic (exact) mass is 84.1 g/mol. The van der Waals surface area contributed by atoms with E-state index in [9.17, 15) is 0 Å². The molecular weight excluding hydrogens is 76.1 g/mol. The van der Waals surface area contributed by atoms with Gasteiger partial charge in [0.25, 0.3) is 0 Å². The molecule has 3 fully saturated rings. The Morgan fingerprint density at radius 1 is 1.33 bits per heavy atom. The quantitative estimate of drug-likeness (QED) is 0.454. The van der Waals surface area contributed by atoms with Crippen LogP contribution in [0.4, 0.5) is 0 Å². The van der Waals surface area contributed by atoms with Gasteiger partial charge >= 0.3 is 0 Å². The minimum atomic E-state index is -0.134. The van der Waals surface area contributed by atoms with Gasteiger partial charge in [-0.1, -0.05) is 0 Å². The third-order valence-corrected chi connectivity index (χ3v) is 2.01. The van der Waals surface area contributed by atoms with E-state index in [0.29, 0.717) is 0 Å². The maximum atomic E-state index is 8.98. The van der Waals surface area contributed by atoms with E-state index in [1.165, 1.54) is 0 Å². The predicted octanol–water partition coefficient (Wildman–Crippen LogP) is 0.531. The highest BCUT2D eigenvalue weighted by Gasteiger charge is 2.55. The van der Waals surface area contributed by atoms with Crippen molar-refractivity contribution in [3.63, 3.8) is 0 Å². The van der Waals surface area contributed by atoms with Crippen LogP contribution in [0.1, 0.15) is 19.3 Å². The third-order valence-electron chi connectivity index (χ3n) is 2.01. The molecule has 0 aromatic rings. The molecule has 0 heterocycles. The van der Waals surface area contributed by atoms with Crippen LogP contribution in [0.3, 0.4) is 0 Å². The molecule has 0 atom stereocenters. The standard InChI is InChI=1S/C5H8O/c6-5-1-4(2-5)3-5/h4,6H,1-3H2. The average molecular weight is 84.1 g/mol. The second-order valence-corrected chi connectivity index (χ2v) is 2.70. The zero-order chi connectivity index (χ0) is 4.20. The zero-order valence-corrected chi connectivity index (χ0v) is 3.65. The lowest BCUT2D eigenvalue weighted by Gasteiger charge is -2.57. The van der Waals surface area contributed by atoms with Gasteiger partial charge in [-0.25, -0.2) is 0 Å². The largest absolute Gasteiger partial charge is 0.390 e. The van der Waals surface area contributed by atoms with E-state index in [1.807, 2.05) is 0 Å². The molecule has 0 aromatic heterocycles. The van der Waals surface area contributed by atoms with E-state index in [1.54, 1.807) is 0 Å². The van der Waals surface area contributed by atoms with E-state index in [4.69, 9.17) is 5.11 Å². The molecule has 6 heavy (non-hydrogen) atoms. The molecule has 3 saturated carbocycles. The fourth-order valence-corrected chi connectivity index (χ4v) is 1.43. The first-order chi connectivity index (χ1) is 2.79. The van der Waals surface area contributed by atoms with Crippen molar-refractivity contribution in [1.82, 2.24) is 0 Å². The van der Waals surface area contributed by atoms with Crippen LogP contribution in [-0.2, 0) is 0 Å². The molecule has 3 aliphatic rings. The van der Waals surface area contributed by atoms with Gasteiger partial charge in [-0.2, -0.15) is 0 Å². The maximum Gasteiger partial charge on any atom is 0.0655 e. The summed E-state index contributed by atoms with van der Waals surface area (Å²) in [5, 5.41) is 8.98. The summed E-state index contributed by atoms with van der Waals surface area (Å²) < 4.78 is 0. The molecule has 0 radical (unpaired) electrons. The highest BCUT2D eigenvalue weighted by Crippen LogP contribution is 2.56. The summed E-state index contributed by atoms with van der Waals surface area (Å²) in [7, 11) is 0. The van der Waals surface area contributed by atoms with E-state index in [0.717, 1.165) is 25.2 Å². The molecule has 1 heteroatoms. The number of aliphatic hydroxyl groups is 1. The van der Waals surface area contributed by atoms with E-state index < -0.39 is 0 Å². The zero-order valence-electron chi connectivity index (χ0n) is 3.65. The fraction of sp³-hybridized carbons (Fsp3) is 1.00. The van der Waals surface area contributed by atoms with Crippen LogP contribution < -0.4 is 0 Å². The van der Waals surface area contributed by atoms with Crippen molar-refractivity contribution in [2.24, 2.45) is 5.92 Å². The van der Waals surface area contributed by atoms with Crippen molar-refractivity contribution in [2.45, 2.75) is 24.9 Å². The molecule has 2 bridgehead atoms. The molecule has 1 nitrogen and oxygen atoms in total. The topological polar surface area (TPSA) is 20.2 Å². The lowest BCUT2D eigenvalue weighted by Crippen LogP contribution is -2.57. The SMILES string of the molecule is OC12CC(C1)C2. The van der Waals surface area contributed by atoms with Gasteiger partial charge in [0, 0.05) is 0 Å². The second-order valence-electron chi connectivity index (χ2n) is 2.70. The summed E-state index contributed by atoms with van der Waals surface area (Å²) in [5.41, 5.74) is -0.134. The first-order valence-corrected chi connectivity index (χ1v) is 2.51. The van der Waals surface area contributed by atoms with Crippen LogP contribution >= 0.6 is 0 Å². The summed E-state index contributed by atoms with van der Waals surface area (Å²) in [6.45, 7) is 0. The van der Waals surface area contributed by atoms with Crippen molar-refractivity contribution in [1.29, 1.82) is 0 Å². The summed E-state index contributed by atoms with van der Waals surface area (Å²) >= 11 is 0. The lowest BCUT2D eigenvalue weighted by atomic mass is 9.52. The minimum absolute atomic E-state index is 0.134. The van der Waals surface area contributed by atoms with Gasteiger partial charge in [0.15, 0.2) is 0 Å². The molecular formula is C5H8O. The summed E-state index contributed by atoms with van der Waals surface area (Å²) in [6.07, 6.45) is 3.31. The van der Waals surface area contributed by atoms with Crippen LogP contribution in [0.15, 0.2) is 0 Å². The Kier molecular flexibility index (Phi) is 0.274. The Balaban J connectivity index is 2.19. The lowest BCUT2D eigenvalue weighted by molar-refractivity contribution is -0.189. The van der Waals surface area contributed by atoms with Crippen molar-refractivity contribution in [3.8, 4) is 0 Å². The highest BCUT2D eigenvalue weighted by molar-refractivity contribution is 5.07. The van der Waals surface area contributed by atoms with E-state index >= 15 is 0 Å².